The van der Waals surface area contributed by atoms with Crippen molar-refractivity contribution in [3.63, 3.8) is 0 Å². The second kappa shape index (κ2) is 7.82. The molecule has 3 aromatic rings. The Morgan fingerprint density at radius 2 is 1.60 bits per heavy atom. The molecule has 1 aromatic heterocycles. The zero-order chi connectivity index (χ0) is 22.1. The molecule has 0 atom stereocenters. The number of hydrogen-bond donors (Lipinski definition) is 2. The van der Waals surface area contributed by atoms with Gasteiger partial charge >= 0.3 is 6.18 Å². The van der Waals surface area contributed by atoms with E-state index in [0.717, 1.165) is 24.3 Å². The van der Waals surface area contributed by atoms with Crippen LogP contribution in [0, 0.1) is 13.8 Å². The maximum atomic E-state index is 12.6. The predicted octanol–water partition coefficient (Wildman–Crippen LogP) is 4.36. The van der Waals surface area contributed by atoms with E-state index in [9.17, 15) is 26.4 Å². The number of aromatic nitrogens is 1. The van der Waals surface area contributed by atoms with E-state index in [1.807, 2.05) is 0 Å². The summed E-state index contributed by atoms with van der Waals surface area (Å²) in [5.41, 5.74) is 0.536. The summed E-state index contributed by atoms with van der Waals surface area (Å²) in [5.74, 6) is -0.627. The van der Waals surface area contributed by atoms with Crippen molar-refractivity contribution >= 4 is 27.5 Å². The summed E-state index contributed by atoms with van der Waals surface area (Å²) in [5, 5.41) is 6.17. The van der Waals surface area contributed by atoms with Crippen LogP contribution in [0.2, 0.25) is 0 Å². The number of aryl methyl sites for hydroxylation is 1. The standard InChI is InChI=1S/C19H16F3N3O4S/c1-11-12(2)24-29-18(11)25-30(27,28)16-9-7-15(8-10-16)23-17(26)13-3-5-14(6-4-13)19(20,21)22/h3-10,25H,1-2H3,(H,23,26). The number of amides is 1. The lowest BCUT2D eigenvalue weighted by Gasteiger charge is -2.09. The lowest BCUT2D eigenvalue weighted by molar-refractivity contribution is -0.137. The Bertz CT molecular complexity index is 1170. The molecule has 0 aliphatic rings. The summed E-state index contributed by atoms with van der Waals surface area (Å²) < 4.78 is 69.9. The number of alkyl halides is 3. The maximum Gasteiger partial charge on any atom is 0.416 e. The Kier molecular flexibility index (Phi) is 5.57. The Hall–Kier alpha value is -3.34. The molecule has 0 aliphatic heterocycles. The SMILES string of the molecule is Cc1noc(NS(=O)(=O)c2ccc(NC(=O)c3ccc(C(F)(F)F)cc3)cc2)c1C. The molecule has 30 heavy (non-hydrogen) atoms. The highest BCUT2D eigenvalue weighted by Crippen LogP contribution is 2.29. The first-order valence-corrected chi connectivity index (χ1v) is 10.00. The van der Waals surface area contributed by atoms with Crippen molar-refractivity contribution in [2.45, 2.75) is 24.9 Å². The molecule has 0 saturated carbocycles. The molecule has 2 aromatic carbocycles. The average Bonchev–Trinajstić information content (AvgIpc) is 2.99. The van der Waals surface area contributed by atoms with Gasteiger partial charge in [0.15, 0.2) is 0 Å². The predicted molar refractivity (Wildman–Crippen MR) is 103 cm³/mol. The summed E-state index contributed by atoms with van der Waals surface area (Å²) in [6.45, 7) is 3.33. The van der Waals surface area contributed by atoms with E-state index in [2.05, 4.69) is 15.2 Å². The number of carbonyl (C=O) groups is 1. The fourth-order valence-corrected chi connectivity index (χ4v) is 3.47. The zero-order valence-corrected chi connectivity index (χ0v) is 16.6. The maximum absolute atomic E-state index is 12.6. The van der Waals surface area contributed by atoms with Crippen LogP contribution in [-0.4, -0.2) is 19.5 Å². The summed E-state index contributed by atoms with van der Waals surface area (Å²) in [7, 11) is -3.94. The van der Waals surface area contributed by atoms with Gasteiger partial charge < -0.3 is 9.84 Å². The second-order valence-corrected chi connectivity index (χ2v) is 8.06. The molecule has 0 radical (unpaired) electrons. The van der Waals surface area contributed by atoms with Crippen molar-refractivity contribution < 1.29 is 30.9 Å². The van der Waals surface area contributed by atoms with Gasteiger partial charge in [0.1, 0.15) is 0 Å². The van der Waals surface area contributed by atoms with Crippen LogP contribution < -0.4 is 10.0 Å². The molecule has 0 aliphatic carbocycles. The summed E-state index contributed by atoms with van der Waals surface area (Å²) in [6.07, 6.45) is -4.49. The average molecular weight is 439 g/mol. The highest BCUT2D eigenvalue weighted by atomic mass is 32.2. The highest BCUT2D eigenvalue weighted by Gasteiger charge is 2.30. The number of carbonyl (C=O) groups excluding carboxylic acids is 1. The Morgan fingerprint density at radius 1 is 1.00 bits per heavy atom. The van der Waals surface area contributed by atoms with Crippen LogP contribution in [0.4, 0.5) is 24.7 Å². The van der Waals surface area contributed by atoms with E-state index in [0.29, 0.717) is 11.3 Å². The van der Waals surface area contributed by atoms with Crippen molar-refractivity contribution in [2.75, 3.05) is 10.0 Å². The first kappa shape index (κ1) is 21.4. The minimum absolute atomic E-state index is 0.00665. The molecule has 2 N–H and O–H groups in total. The van der Waals surface area contributed by atoms with Gasteiger partial charge in [-0.1, -0.05) is 5.16 Å². The van der Waals surface area contributed by atoms with Gasteiger partial charge in [-0.05, 0) is 62.4 Å². The van der Waals surface area contributed by atoms with Gasteiger partial charge in [0.25, 0.3) is 15.9 Å². The molecule has 158 valence electrons. The van der Waals surface area contributed by atoms with Crippen LogP contribution in [0.25, 0.3) is 0 Å². The van der Waals surface area contributed by atoms with Crippen molar-refractivity contribution in [3.8, 4) is 0 Å². The van der Waals surface area contributed by atoms with Gasteiger partial charge in [0.2, 0.25) is 5.88 Å². The third-order valence-electron chi connectivity index (χ3n) is 4.28. The van der Waals surface area contributed by atoms with Gasteiger partial charge in [-0.3, -0.25) is 4.79 Å². The molecule has 1 amide bonds. The van der Waals surface area contributed by atoms with Gasteiger partial charge in [-0.25, -0.2) is 13.1 Å². The first-order chi connectivity index (χ1) is 14.0. The van der Waals surface area contributed by atoms with Gasteiger partial charge in [-0.15, -0.1) is 0 Å². The van der Waals surface area contributed by atoms with Crippen molar-refractivity contribution in [1.29, 1.82) is 0 Å². The number of nitrogens with zero attached hydrogens (tertiary/aromatic N) is 1. The van der Waals surface area contributed by atoms with Crippen LogP contribution in [-0.2, 0) is 16.2 Å². The number of halogens is 3. The summed E-state index contributed by atoms with van der Waals surface area (Å²) in [6, 6.07) is 8.98. The van der Waals surface area contributed by atoms with E-state index in [1.54, 1.807) is 13.8 Å². The minimum Gasteiger partial charge on any atom is -0.337 e. The van der Waals surface area contributed by atoms with Crippen LogP contribution in [0.3, 0.4) is 0 Å². The van der Waals surface area contributed by atoms with Crippen LogP contribution >= 0.6 is 0 Å². The van der Waals surface area contributed by atoms with E-state index in [-0.39, 0.29) is 22.0 Å². The van der Waals surface area contributed by atoms with E-state index in [1.165, 1.54) is 24.3 Å². The zero-order valence-electron chi connectivity index (χ0n) is 15.7. The Morgan fingerprint density at radius 3 is 2.10 bits per heavy atom. The van der Waals surface area contributed by atoms with Crippen LogP contribution in [0.5, 0.6) is 0 Å². The Balaban J connectivity index is 1.71. The molecule has 0 bridgehead atoms. The quantitative estimate of drug-likeness (QED) is 0.615. The molecule has 11 heteroatoms. The molecule has 1 heterocycles. The van der Waals surface area contributed by atoms with E-state index < -0.39 is 27.7 Å². The molecule has 0 saturated heterocycles. The molecular formula is C19H16F3N3O4S. The topological polar surface area (TPSA) is 101 Å². The van der Waals surface area contributed by atoms with Gasteiger partial charge in [0, 0.05) is 16.8 Å². The van der Waals surface area contributed by atoms with Crippen LogP contribution in [0.15, 0.2) is 57.9 Å². The fraction of sp³-hybridized carbons (Fsp3) is 0.158. The fourth-order valence-electron chi connectivity index (χ4n) is 2.42. The van der Waals surface area contributed by atoms with Crippen molar-refractivity contribution in [3.05, 3.63) is 70.9 Å². The van der Waals surface area contributed by atoms with E-state index >= 15 is 0 Å². The number of nitrogens with one attached hydrogen (secondary N) is 2. The largest absolute Gasteiger partial charge is 0.416 e. The van der Waals surface area contributed by atoms with Gasteiger partial charge in [0.05, 0.1) is 16.2 Å². The molecule has 0 unspecified atom stereocenters. The number of benzene rings is 2. The van der Waals surface area contributed by atoms with Crippen molar-refractivity contribution in [2.24, 2.45) is 0 Å². The number of rotatable bonds is 5. The lowest BCUT2D eigenvalue weighted by atomic mass is 10.1. The van der Waals surface area contributed by atoms with Crippen molar-refractivity contribution in [1.82, 2.24) is 5.16 Å². The Labute approximate surface area is 169 Å². The molecule has 7 nitrogen and oxygen atoms in total. The second-order valence-electron chi connectivity index (χ2n) is 6.38. The third kappa shape index (κ3) is 4.62. The number of hydrogen-bond acceptors (Lipinski definition) is 5. The lowest BCUT2D eigenvalue weighted by Crippen LogP contribution is -2.14. The first-order valence-electron chi connectivity index (χ1n) is 8.52. The number of anilines is 2. The molecule has 3 rings (SSSR count). The molecule has 0 spiro atoms. The van der Waals surface area contributed by atoms with E-state index in [4.69, 9.17) is 4.52 Å². The highest BCUT2D eigenvalue weighted by molar-refractivity contribution is 7.92. The monoisotopic (exact) mass is 439 g/mol. The van der Waals surface area contributed by atoms with Gasteiger partial charge in [-0.2, -0.15) is 13.2 Å². The summed E-state index contributed by atoms with van der Waals surface area (Å²) >= 11 is 0. The minimum atomic E-state index is -4.49. The normalized spacial score (nSPS) is 11.9. The number of sulfonamides is 1. The third-order valence-corrected chi connectivity index (χ3v) is 5.63. The smallest absolute Gasteiger partial charge is 0.337 e. The molecule has 0 fully saturated rings. The summed E-state index contributed by atoms with van der Waals surface area (Å²) in [4.78, 5) is 12.1. The van der Waals surface area contributed by atoms with Crippen LogP contribution in [0.1, 0.15) is 27.2 Å². The molecular weight excluding hydrogens is 423 g/mol.